The number of hydrogen-bond acceptors (Lipinski definition) is 8. The van der Waals surface area contributed by atoms with Gasteiger partial charge in [-0.05, 0) is 56.3 Å². The minimum absolute atomic E-state index is 0.0147. The monoisotopic (exact) mass is 584 g/mol. The van der Waals surface area contributed by atoms with Crippen molar-refractivity contribution in [1.29, 1.82) is 5.41 Å². The molecule has 218 valence electrons. The van der Waals surface area contributed by atoms with Crippen LogP contribution in [0.1, 0.15) is 34.0 Å². The van der Waals surface area contributed by atoms with Gasteiger partial charge in [-0.25, -0.2) is 9.52 Å². The number of carbonyl (C=O) groups is 2. The number of anilines is 3. The van der Waals surface area contributed by atoms with Gasteiger partial charge in [0.1, 0.15) is 5.84 Å². The number of nitrogens with one attached hydrogen (secondary N) is 5. The fourth-order valence-corrected chi connectivity index (χ4v) is 4.27. The summed E-state index contributed by atoms with van der Waals surface area (Å²) in [6.45, 7) is 3.12. The van der Waals surface area contributed by atoms with Gasteiger partial charge in [-0.2, -0.15) is 8.42 Å². The van der Waals surface area contributed by atoms with E-state index in [1.54, 1.807) is 43.3 Å². The molecule has 0 saturated heterocycles. The number of rotatable bonds is 14. The average molecular weight is 585 g/mol. The van der Waals surface area contributed by atoms with Crippen molar-refractivity contribution in [2.75, 3.05) is 35.6 Å². The smallest absolute Gasteiger partial charge is 0.341 e. The summed E-state index contributed by atoms with van der Waals surface area (Å²) in [5.41, 5.74) is 8.66. The van der Waals surface area contributed by atoms with Crippen LogP contribution in [0.4, 0.5) is 17.1 Å². The molecule has 0 aliphatic rings. The molecule has 3 rings (SSSR count). The van der Waals surface area contributed by atoms with Gasteiger partial charge >= 0.3 is 5.97 Å². The van der Waals surface area contributed by atoms with E-state index in [4.69, 9.17) is 20.6 Å². The van der Waals surface area contributed by atoms with Gasteiger partial charge in [-0.15, -0.1) is 0 Å². The van der Waals surface area contributed by atoms with Crippen LogP contribution in [0.2, 0.25) is 0 Å². The van der Waals surface area contributed by atoms with Crippen molar-refractivity contribution in [3.63, 3.8) is 0 Å². The maximum absolute atomic E-state index is 13.2. The van der Waals surface area contributed by atoms with Gasteiger partial charge in [-0.3, -0.25) is 14.9 Å². The Labute approximate surface area is 237 Å². The molecule has 41 heavy (non-hydrogen) atoms. The van der Waals surface area contributed by atoms with E-state index in [0.29, 0.717) is 28.1 Å². The Hall–Kier alpha value is -4.82. The highest BCUT2D eigenvalue weighted by molar-refractivity contribution is 7.90. The van der Waals surface area contributed by atoms with Crippen molar-refractivity contribution in [3.8, 4) is 11.5 Å². The summed E-state index contributed by atoms with van der Waals surface area (Å²) < 4.78 is 40.0. The topological polar surface area (TPSA) is 205 Å². The summed E-state index contributed by atoms with van der Waals surface area (Å²) in [5.74, 6) is -1.45. The summed E-state index contributed by atoms with van der Waals surface area (Å²) in [7, 11) is -2.62. The number of aryl methyl sites for hydroxylation is 1. The van der Waals surface area contributed by atoms with E-state index in [2.05, 4.69) is 20.1 Å². The number of amides is 1. The molecule has 1 amide bonds. The first kappa shape index (κ1) is 30.7. The summed E-state index contributed by atoms with van der Waals surface area (Å²) in [6, 6.07) is 14.6. The molecule has 0 unspecified atom stereocenters. The van der Waals surface area contributed by atoms with Crippen LogP contribution in [0.25, 0.3) is 0 Å². The Morgan fingerprint density at radius 2 is 1.73 bits per heavy atom. The molecule has 0 heterocycles. The molecule has 0 aliphatic carbocycles. The van der Waals surface area contributed by atoms with Crippen molar-refractivity contribution in [2.24, 2.45) is 5.73 Å². The summed E-state index contributed by atoms with van der Waals surface area (Å²) in [4.78, 5) is 24.5. The number of nitrogens with two attached hydrogens (primary N) is 1. The van der Waals surface area contributed by atoms with Crippen LogP contribution in [0.5, 0.6) is 11.5 Å². The number of nitrogen functional groups attached to an aromatic ring is 1. The molecular formula is C27H32N6O7S. The van der Waals surface area contributed by atoms with E-state index in [1.807, 2.05) is 13.0 Å². The molecule has 8 N–H and O–H groups in total. The van der Waals surface area contributed by atoms with Crippen molar-refractivity contribution >= 4 is 45.0 Å². The third-order valence-electron chi connectivity index (χ3n) is 5.64. The highest BCUT2D eigenvalue weighted by atomic mass is 32.2. The molecular weight excluding hydrogens is 552 g/mol. The number of benzene rings is 3. The lowest BCUT2D eigenvalue weighted by molar-refractivity contribution is -0.139. The van der Waals surface area contributed by atoms with Crippen LogP contribution >= 0.6 is 0 Å². The number of carbonyl (C=O) groups excluding carboxylic acids is 1. The second-order valence-corrected chi connectivity index (χ2v) is 10.4. The maximum atomic E-state index is 13.2. The summed E-state index contributed by atoms with van der Waals surface area (Å²) >= 11 is 0. The summed E-state index contributed by atoms with van der Waals surface area (Å²) in [6.07, 6.45) is 0. The Morgan fingerprint density at radius 3 is 2.34 bits per heavy atom. The van der Waals surface area contributed by atoms with E-state index in [1.165, 1.54) is 19.2 Å². The average Bonchev–Trinajstić information content (AvgIpc) is 2.91. The molecule has 0 saturated carbocycles. The summed E-state index contributed by atoms with van der Waals surface area (Å²) in [5, 5.41) is 22.7. The van der Waals surface area contributed by atoms with Gasteiger partial charge in [0.15, 0.2) is 18.1 Å². The molecule has 0 bridgehead atoms. The lowest BCUT2D eigenvalue weighted by Gasteiger charge is -2.19. The van der Waals surface area contributed by atoms with Crippen molar-refractivity contribution < 1.29 is 32.6 Å². The van der Waals surface area contributed by atoms with Crippen LogP contribution in [0.3, 0.4) is 0 Å². The quantitative estimate of drug-likeness (QED) is 0.110. The second kappa shape index (κ2) is 13.5. The predicted molar refractivity (Wildman–Crippen MR) is 156 cm³/mol. The molecule has 3 aromatic carbocycles. The van der Waals surface area contributed by atoms with Crippen molar-refractivity contribution in [1.82, 2.24) is 4.72 Å². The van der Waals surface area contributed by atoms with Crippen molar-refractivity contribution in [3.05, 3.63) is 76.9 Å². The highest BCUT2D eigenvalue weighted by Crippen LogP contribution is 2.36. The van der Waals surface area contributed by atoms with Gasteiger partial charge in [0.05, 0.1) is 17.9 Å². The Morgan fingerprint density at radius 1 is 1.02 bits per heavy atom. The fraction of sp³-hybridized carbons (Fsp3) is 0.222. The first-order valence-corrected chi connectivity index (χ1v) is 13.9. The van der Waals surface area contributed by atoms with E-state index in [0.717, 1.165) is 5.56 Å². The molecule has 0 fully saturated rings. The number of aliphatic carboxylic acids is 1. The van der Waals surface area contributed by atoms with Crippen LogP contribution in [-0.4, -0.2) is 51.5 Å². The third-order valence-corrected chi connectivity index (χ3v) is 6.68. The highest BCUT2D eigenvalue weighted by Gasteiger charge is 2.19. The SMILES string of the molecule is CCOc1cc(NS(=O)(=O)NC)cc(CNc2ccc(C)cc2C(=O)Nc2ccc(C(=N)N)cc2)c1OCC(=O)O. The first-order chi connectivity index (χ1) is 19.4. The number of hydrogen-bond donors (Lipinski definition) is 7. The number of carboxylic acids is 1. The number of carboxylic acid groups (broad SMARTS) is 1. The number of amidine groups is 1. The molecule has 3 aromatic rings. The molecule has 0 spiro atoms. The molecule has 0 aliphatic heterocycles. The zero-order valence-corrected chi connectivity index (χ0v) is 23.5. The van der Waals surface area contributed by atoms with Crippen LogP contribution in [0.15, 0.2) is 54.6 Å². The molecule has 14 heteroatoms. The Balaban J connectivity index is 1.95. The normalized spacial score (nSPS) is 10.9. The standard InChI is InChI=1S/C27H32N6O7S/c1-4-39-23-13-20(33-41(37,38)30-3)12-18(25(23)40-15-24(34)35)14-31-22-10-5-16(2)11-21(22)27(36)32-19-8-6-17(7-9-19)26(28)29/h5-13,30-31,33H,4,14-15H2,1-3H3,(H3,28,29)(H,32,36)(H,34,35). The second-order valence-electron chi connectivity index (χ2n) is 8.74. The lowest BCUT2D eigenvalue weighted by Crippen LogP contribution is -2.26. The van der Waals surface area contributed by atoms with Crippen LogP contribution in [0, 0.1) is 12.3 Å². The van der Waals surface area contributed by atoms with Gasteiger partial charge in [0.25, 0.3) is 16.1 Å². The molecule has 0 aromatic heterocycles. The largest absolute Gasteiger partial charge is 0.490 e. The Bertz CT molecular complexity index is 1540. The predicted octanol–water partition coefficient (Wildman–Crippen LogP) is 2.88. The fourth-order valence-electron chi connectivity index (χ4n) is 3.74. The third kappa shape index (κ3) is 8.58. The zero-order chi connectivity index (χ0) is 30.2. The maximum Gasteiger partial charge on any atom is 0.341 e. The van der Waals surface area contributed by atoms with Gasteiger partial charge < -0.3 is 30.9 Å². The molecule has 0 radical (unpaired) electrons. The van der Waals surface area contributed by atoms with E-state index in [9.17, 15) is 23.1 Å². The first-order valence-electron chi connectivity index (χ1n) is 12.4. The zero-order valence-electron chi connectivity index (χ0n) is 22.7. The van der Waals surface area contributed by atoms with E-state index < -0.39 is 28.7 Å². The molecule has 13 nitrogen and oxygen atoms in total. The number of ether oxygens (including phenoxy) is 2. The van der Waals surface area contributed by atoms with Crippen LogP contribution < -0.4 is 35.3 Å². The van der Waals surface area contributed by atoms with E-state index in [-0.39, 0.29) is 36.2 Å². The molecule has 0 atom stereocenters. The van der Waals surface area contributed by atoms with Gasteiger partial charge in [0, 0.05) is 42.2 Å². The van der Waals surface area contributed by atoms with Crippen LogP contribution in [-0.2, 0) is 21.5 Å². The lowest BCUT2D eigenvalue weighted by atomic mass is 10.1. The minimum atomic E-state index is -3.87. The van der Waals surface area contributed by atoms with Gasteiger partial charge in [-0.1, -0.05) is 11.6 Å². The Kier molecular flexibility index (Phi) is 10.1. The van der Waals surface area contributed by atoms with Crippen molar-refractivity contribution in [2.45, 2.75) is 20.4 Å². The van der Waals surface area contributed by atoms with Gasteiger partial charge in [0.2, 0.25) is 0 Å². The van der Waals surface area contributed by atoms with E-state index >= 15 is 0 Å². The minimum Gasteiger partial charge on any atom is -0.490 e.